The minimum Gasteiger partial charge on any atom is -0.286 e. The number of nitrogens with zero attached hydrogens (tertiary/aromatic N) is 2. The lowest BCUT2D eigenvalue weighted by Crippen LogP contribution is -2.55. The van der Waals surface area contributed by atoms with Crippen molar-refractivity contribution >= 4 is 6.21 Å². The van der Waals surface area contributed by atoms with Gasteiger partial charge in [0, 0.05) is 0 Å². The van der Waals surface area contributed by atoms with E-state index in [0.717, 1.165) is 19.3 Å². The van der Waals surface area contributed by atoms with Gasteiger partial charge in [-0.1, -0.05) is 19.8 Å². The van der Waals surface area contributed by atoms with Gasteiger partial charge < -0.3 is 0 Å². The molecule has 0 unspecified atom stereocenters. The summed E-state index contributed by atoms with van der Waals surface area (Å²) in [7, 11) is 0. The van der Waals surface area contributed by atoms with Crippen molar-refractivity contribution < 1.29 is 0 Å². The number of rotatable bonds is 5. The van der Waals surface area contributed by atoms with E-state index in [1.807, 2.05) is 0 Å². The van der Waals surface area contributed by atoms with E-state index in [0.29, 0.717) is 0 Å². The Kier molecular flexibility index (Phi) is 5.03. The van der Waals surface area contributed by atoms with Crippen molar-refractivity contribution in [3.8, 4) is 0 Å². The topological polar surface area (TPSA) is 15.6 Å². The maximum atomic E-state index is 4.62. The minimum atomic E-state index is 0.168. The van der Waals surface area contributed by atoms with E-state index in [1.54, 1.807) is 0 Å². The minimum absolute atomic E-state index is 0.168. The summed E-state index contributed by atoms with van der Waals surface area (Å²) in [5.41, 5.74) is 0.335. The van der Waals surface area contributed by atoms with Crippen LogP contribution in [-0.2, 0) is 0 Å². The molecule has 98 valence electrons. The molecule has 0 N–H and O–H groups in total. The summed E-state index contributed by atoms with van der Waals surface area (Å²) in [6.45, 7) is 13.0. The molecule has 1 rings (SSSR count). The Hall–Kier alpha value is -0.530. The highest BCUT2D eigenvalue weighted by Gasteiger charge is 2.40. The maximum Gasteiger partial charge on any atom is 0.0838 e. The van der Waals surface area contributed by atoms with Gasteiger partial charge in [-0.15, -0.1) is 0 Å². The summed E-state index contributed by atoms with van der Waals surface area (Å²) in [6.07, 6.45) is 11.3. The summed E-state index contributed by atoms with van der Waals surface area (Å²) in [6, 6.07) is 0. The van der Waals surface area contributed by atoms with Crippen LogP contribution in [0.15, 0.2) is 5.10 Å². The fourth-order valence-electron chi connectivity index (χ4n) is 2.76. The van der Waals surface area contributed by atoms with Crippen molar-refractivity contribution in [1.82, 2.24) is 5.01 Å². The molecule has 17 heavy (non-hydrogen) atoms. The van der Waals surface area contributed by atoms with E-state index in [1.165, 1.54) is 25.7 Å². The molecular formula is C15H28N2. The molecule has 0 amide bonds. The first-order chi connectivity index (χ1) is 7.90. The van der Waals surface area contributed by atoms with Crippen LogP contribution in [0.5, 0.6) is 0 Å². The fraction of sp³-hybridized carbons (Fsp3) is 0.867. The molecule has 0 bridgehead atoms. The molecule has 1 saturated heterocycles. The van der Waals surface area contributed by atoms with Gasteiger partial charge >= 0.3 is 0 Å². The average molecular weight is 236 g/mol. The van der Waals surface area contributed by atoms with Crippen molar-refractivity contribution in [2.24, 2.45) is 5.10 Å². The van der Waals surface area contributed by atoms with Crippen LogP contribution < -0.4 is 0 Å². The predicted molar refractivity (Wildman–Crippen MR) is 75.1 cm³/mol. The number of hydrogen-bond donors (Lipinski definition) is 0. The van der Waals surface area contributed by atoms with Gasteiger partial charge in [-0.25, -0.2) is 0 Å². The van der Waals surface area contributed by atoms with E-state index in [9.17, 15) is 0 Å². The van der Waals surface area contributed by atoms with Crippen LogP contribution in [0.4, 0.5) is 0 Å². The zero-order valence-electron chi connectivity index (χ0n) is 12.1. The summed E-state index contributed by atoms with van der Waals surface area (Å²) in [5, 5.41) is 6.89. The van der Waals surface area contributed by atoms with E-state index in [2.05, 4.69) is 50.9 Å². The Labute approximate surface area is 107 Å². The first kappa shape index (κ1) is 14.5. The smallest absolute Gasteiger partial charge is 0.0838 e. The van der Waals surface area contributed by atoms with Gasteiger partial charge in [-0.3, -0.25) is 5.01 Å². The van der Waals surface area contributed by atoms with Crippen LogP contribution in [0.25, 0.3) is 0 Å². The molecule has 2 radical (unpaired) electrons. The molecule has 2 heteroatoms. The second kappa shape index (κ2) is 5.88. The highest BCUT2D eigenvalue weighted by Crippen LogP contribution is 2.38. The lowest BCUT2D eigenvalue weighted by Gasteiger charge is -2.51. The quantitative estimate of drug-likeness (QED) is 0.513. The SMILES string of the molecule is [CH2]CCCC/[C]=N/N1C(C)(C)CCCC1(C)C. The zero-order chi connectivity index (χ0) is 12.9. The van der Waals surface area contributed by atoms with Crippen LogP contribution in [0, 0.1) is 6.92 Å². The lowest BCUT2D eigenvalue weighted by atomic mass is 9.82. The Bertz CT molecular complexity index is 238. The third-order valence-corrected chi connectivity index (χ3v) is 3.68. The highest BCUT2D eigenvalue weighted by atomic mass is 15.5. The van der Waals surface area contributed by atoms with Crippen LogP contribution in [0.2, 0.25) is 0 Å². The third kappa shape index (κ3) is 4.01. The highest BCUT2D eigenvalue weighted by molar-refractivity contribution is 5.56. The number of unbranched alkanes of at least 4 members (excludes halogenated alkanes) is 3. The number of hydrazone groups is 1. The Balaban J connectivity index is 2.57. The maximum absolute atomic E-state index is 4.62. The molecule has 0 aliphatic carbocycles. The van der Waals surface area contributed by atoms with Gasteiger partial charge in [0.1, 0.15) is 0 Å². The normalized spacial score (nSPS) is 23.2. The molecule has 1 aliphatic rings. The van der Waals surface area contributed by atoms with Gasteiger partial charge in [-0.05, 0) is 59.8 Å². The standard InChI is InChI=1S/C15H28N2/c1-6-7-8-9-13-16-17-14(2,3)11-10-12-15(17,4)5/h1,6-12H2,2-5H3. The number of hydrogen-bond acceptors (Lipinski definition) is 2. The van der Waals surface area contributed by atoms with Crippen molar-refractivity contribution in [3.63, 3.8) is 0 Å². The first-order valence-electron chi connectivity index (χ1n) is 6.93. The Morgan fingerprint density at radius 3 is 2.24 bits per heavy atom. The molecule has 0 aromatic rings. The van der Waals surface area contributed by atoms with Crippen LogP contribution in [0.3, 0.4) is 0 Å². The Morgan fingerprint density at radius 2 is 1.71 bits per heavy atom. The zero-order valence-corrected chi connectivity index (χ0v) is 12.1. The largest absolute Gasteiger partial charge is 0.286 e. The van der Waals surface area contributed by atoms with Crippen LogP contribution >= 0.6 is 0 Å². The van der Waals surface area contributed by atoms with Gasteiger partial charge in [0.25, 0.3) is 0 Å². The second-order valence-electron chi connectivity index (χ2n) is 6.36. The molecule has 1 aliphatic heterocycles. The van der Waals surface area contributed by atoms with E-state index >= 15 is 0 Å². The van der Waals surface area contributed by atoms with Gasteiger partial charge in [0.15, 0.2) is 0 Å². The number of piperidine rings is 1. The van der Waals surface area contributed by atoms with Crippen molar-refractivity contribution in [2.75, 3.05) is 0 Å². The molecule has 1 heterocycles. The average Bonchev–Trinajstić information content (AvgIpc) is 2.20. The molecule has 0 spiro atoms. The molecule has 0 saturated carbocycles. The monoisotopic (exact) mass is 236 g/mol. The van der Waals surface area contributed by atoms with Crippen LogP contribution in [-0.4, -0.2) is 22.3 Å². The molecular weight excluding hydrogens is 208 g/mol. The first-order valence-corrected chi connectivity index (χ1v) is 6.93. The van der Waals surface area contributed by atoms with E-state index < -0.39 is 0 Å². The molecule has 0 atom stereocenters. The molecule has 1 fully saturated rings. The fourth-order valence-corrected chi connectivity index (χ4v) is 2.76. The Morgan fingerprint density at radius 1 is 1.12 bits per heavy atom. The summed E-state index contributed by atoms with van der Waals surface area (Å²) >= 11 is 0. The molecule has 0 aromatic heterocycles. The summed E-state index contributed by atoms with van der Waals surface area (Å²) in [5.74, 6) is 0. The lowest BCUT2D eigenvalue weighted by molar-refractivity contribution is -0.0243. The van der Waals surface area contributed by atoms with Crippen molar-refractivity contribution in [1.29, 1.82) is 0 Å². The van der Waals surface area contributed by atoms with E-state index in [-0.39, 0.29) is 11.1 Å². The third-order valence-electron chi connectivity index (χ3n) is 3.68. The summed E-state index contributed by atoms with van der Waals surface area (Å²) < 4.78 is 0. The molecule has 0 aromatic carbocycles. The van der Waals surface area contributed by atoms with Gasteiger partial charge in [-0.2, -0.15) is 5.10 Å². The van der Waals surface area contributed by atoms with Crippen LogP contribution in [0.1, 0.15) is 72.6 Å². The predicted octanol–water partition coefficient (Wildman–Crippen LogP) is 4.29. The van der Waals surface area contributed by atoms with E-state index in [4.69, 9.17) is 0 Å². The molecule has 2 nitrogen and oxygen atoms in total. The van der Waals surface area contributed by atoms with Gasteiger partial charge in [0.2, 0.25) is 0 Å². The van der Waals surface area contributed by atoms with Crippen molar-refractivity contribution in [3.05, 3.63) is 6.92 Å². The van der Waals surface area contributed by atoms with Gasteiger partial charge in [0.05, 0.1) is 17.3 Å². The second-order valence-corrected chi connectivity index (χ2v) is 6.36. The summed E-state index contributed by atoms with van der Waals surface area (Å²) in [4.78, 5) is 0. The van der Waals surface area contributed by atoms with Crippen molar-refractivity contribution in [2.45, 2.75) is 83.7 Å².